The number of thiazole rings is 1. The summed E-state index contributed by atoms with van der Waals surface area (Å²) in [5.74, 6) is 1.64. The highest BCUT2D eigenvalue weighted by atomic mass is 35.5. The van der Waals surface area contributed by atoms with Crippen molar-refractivity contribution in [2.24, 2.45) is 0 Å². The Morgan fingerprint density at radius 1 is 1.43 bits per heavy atom. The molecule has 0 N–H and O–H groups in total. The van der Waals surface area contributed by atoms with Crippen molar-refractivity contribution in [3.8, 4) is 0 Å². The Morgan fingerprint density at radius 3 is 2.76 bits per heavy atom. The van der Waals surface area contributed by atoms with Crippen LogP contribution < -0.4 is 0 Å². The number of carbonyl (C=O) groups excluding carboxylic acids is 1. The molecule has 0 aliphatic carbocycles. The number of carbonyl (C=O) groups is 1. The van der Waals surface area contributed by atoms with Crippen LogP contribution in [0, 0.1) is 6.92 Å². The smallest absolute Gasteiger partial charge is 0.237 e. The van der Waals surface area contributed by atoms with Gasteiger partial charge in [-0.15, -0.1) is 22.9 Å². The summed E-state index contributed by atoms with van der Waals surface area (Å²) >= 11 is 7.33. The van der Waals surface area contributed by atoms with Gasteiger partial charge in [-0.1, -0.05) is 6.92 Å². The number of aromatic nitrogens is 1. The lowest BCUT2D eigenvalue weighted by Gasteiger charge is -2.20. The van der Waals surface area contributed by atoms with E-state index in [4.69, 9.17) is 16.0 Å². The maximum atomic E-state index is 12.0. The first-order valence-corrected chi connectivity index (χ1v) is 8.35. The number of hydrogen-bond acceptors (Lipinski definition) is 4. The molecule has 2 rings (SSSR count). The number of rotatable bonds is 7. The van der Waals surface area contributed by atoms with Gasteiger partial charge in [0, 0.05) is 24.3 Å². The lowest BCUT2D eigenvalue weighted by atomic mass is 10.2. The molecule has 0 aromatic carbocycles. The van der Waals surface area contributed by atoms with Gasteiger partial charge < -0.3 is 9.32 Å². The first-order chi connectivity index (χ1) is 10.1. The van der Waals surface area contributed by atoms with Crippen molar-refractivity contribution in [2.45, 2.75) is 33.2 Å². The highest BCUT2D eigenvalue weighted by Crippen LogP contribution is 2.16. The molecule has 0 atom stereocenters. The van der Waals surface area contributed by atoms with Crippen molar-refractivity contribution in [3.63, 3.8) is 0 Å². The molecule has 0 saturated carbocycles. The summed E-state index contributed by atoms with van der Waals surface area (Å²) in [7, 11) is 0. The zero-order chi connectivity index (χ0) is 15.2. The molecule has 0 aliphatic heterocycles. The molecular formula is C15H19ClN2O2S. The molecule has 2 heterocycles. The van der Waals surface area contributed by atoms with Gasteiger partial charge in [0.1, 0.15) is 17.4 Å². The van der Waals surface area contributed by atoms with Crippen molar-refractivity contribution >= 4 is 28.8 Å². The largest absolute Gasteiger partial charge is 0.464 e. The number of halogens is 1. The van der Waals surface area contributed by atoms with E-state index in [0.29, 0.717) is 13.1 Å². The second kappa shape index (κ2) is 7.61. The SMILES string of the molecule is CCc1ccc(CN(CCc2scnc2C)C(=O)CCl)o1. The molecule has 1 amide bonds. The summed E-state index contributed by atoms with van der Waals surface area (Å²) in [6, 6.07) is 3.87. The topological polar surface area (TPSA) is 46.3 Å². The molecule has 4 nitrogen and oxygen atoms in total. The lowest BCUT2D eigenvalue weighted by Crippen LogP contribution is -2.33. The predicted octanol–water partition coefficient (Wildman–Crippen LogP) is 3.42. The Labute approximate surface area is 133 Å². The van der Waals surface area contributed by atoms with Gasteiger partial charge in [-0.3, -0.25) is 4.79 Å². The minimum Gasteiger partial charge on any atom is -0.464 e. The third-order valence-electron chi connectivity index (χ3n) is 3.33. The van der Waals surface area contributed by atoms with Crippen molar-refractivity contribution in [1.29, 1.82) is 0 Å². The fourth-order valence-electron chi connectivity index (χ4n) is 2.06. The molecule has 114 valence electrons. The van der Waals surface area contributed by atoms with E-state index in [1.807, 2.05) is 31.5 Å². The van der Waals surface area contributed by atoms with Gasteiger partial charge in [0.05, 0.1) is 17.7 Å². The average Bonchev–Trinajstić information content (AvgIpc) is 3.11. The van der Waals surface area contributed by atoms with E-state index in [-0.39, 0.29) is 11.8 Å². The molecule has 0 radical (unpaired) electrons. The summed E-state index contributed by atoms with van der Waals surface area (Å²) in [5, 5.41) is 0. The molecule has 0 aliphatic rings. The van der Waals surface area contributed by atoms with Gasteiger partial charge in [0.15, 0.2) is 0 Å². The van der Waals surface area contributed by atoms with Crippen LogP contribution in [0.4, 0.5) is 0 Å². The number of hydrogen-bond donors (Lipinski definition) is 0. The van der Waals surface area contributed by atoms with Crippen LogP contribution in [0.15, 0.2) is 22.1 Å². The van der Waals surface area contributed by atoms with Gasteiger partial charge in [0.25, 0.3) is 0 Å². The maximum Gasteiger partial charge on any atom is 0.237 e. The molecular weight excluding hydrogens is 308 g/mol. The fraction of sp³-hybridized carbons (Fsp3) is 0.467. The van der Waals surface area contributed by atoms with Crippen molar-refractivity contribution in [1.82, 2.24) is 9.88 Å². The van der Waals surface area contributed by atoms with Gasteiger partial charge in [-0.05, 0) is 19.1 Å². The van der Waals surface area contributed by atoms with Gasteiger partial charge in [-0.2, -0.15) is 0 Å². The fourth-order valence-corrected chi connectivity index (χ4v) is 3.00. The molecule has 0 unspecified atom stereocenters. The lowest BCUT2D eigenvalue weighted by molar-refractivity contribution is -0.129. The van der Waals surface area contributed by atoms with E-state index >= 15 is 0 Å². The van der Waals surface area contributed by atoms with E-state index in [1.165, 1.54) is 4.88 Å². The number of nitrogens with zero attached hydrogens (tertiary/aromatic N) is 2. The van der Waals surface area contributed by atoms with Crippen molar-refractivity contribution in [3.05, 3.63) is 39.7 Å². The number of furan rings is 1. The standard InChI is InChI=1S/C15H19ClN2O2S/c1-3-12-4-5-13(20-12)9-18(15(19)8-16)7-6-14-11(2)17-10-21-14/h4-5,10H,3,6-9H2,1-2H3. The van der Waals surface area contributed by atoms with Crippen LogP contribution in [0.25, 0.3) is 0 Å². The highest BCUT2D eigenvalue weighted by Gasteiger charge is 2.16. The normalized spacial score (nSPS) is 10.8. The zero-order valence-corrected chi connectivity index (χ0v) is 13.8. The molecule has 0 saturated heterocycles. The molecule has 0 bridgehead atoms. The van der Waals surface area contributed by atoms with Gasteiger partial charge >= 0.3 is 0 Å². The third kappa shape index (κ3) is 4.32. The maximum absolute atomic E-state index is 12.0. The second-order valence-electron chi connectivity index (χ2n) is 4.78. The van der Waals surface area contributed by atoms with Crippen molar-refractivity contribution in [2.75, 3.05) is 12.4 Å². The summed E-state index contributed by atoms with van der Waals surface area (Å²) in [6.07, 6.45) is 1.64. The summed E-state index contributed by atoms with van der Waals surface area (Å²) < 4.78 is 5.67. The molecule has 2 aromatic heterocycles. The first kappa shape index (κ1) is 16.0. The third-order valence-corrected chi connectivity index (χ3v) is 4.56. The molecule has 6 heteroatoms. The van der Waals surface area contributed by atoms with Crippen LogP contribution in [0.1, 0.15) is 29.0 Å². The minimum atomic E-state index is -0.0757. The van der Waals surface area contributed by atoms with E-state index in [0.717, 1.165) is 30.1 Å². The highest BCUT2D eigenvalue weighted by molar-refractivity contribution is 7.09. The van der Waals surface area contributed by atoms with Crippen LogP contribution in [0.5, 0.6) is 0 Å². The number of alkyl halides is 1. The molecule has 2 aromatic rings. The van der Waals surface area contributed by atoms with E-state index in [1.54, 1.807) is 16.2 Å². The zero-order valence-electron chi connectivity index (χ0n) is 12.3. The quantitative estimate of drug-likeness (QED) is 0.732. The van der Waals surface area contributed by atoms with Crippen LogP contribution >= 0.6 is 22.9 Å². The van der Waals surface area contributed by atoms with E-state index in [2.05, 4.69) is 4.98 Å². The Hall–Kier alpha value is -1.33. The summed E-state index contributed by atoms with van der Waals surface area (Å²) in [5.41, 5.74) is 2.86. The number of aryl methyl sites for hydroxylation is 2. The van der Waals surface area contributed by atoms with Crippen LogP contribution in [0.3, 0.4) is 0 Å². The Bertz CT molecular complexity index is 594. The minimum absolute atomic E-state index is 0.0109. The monoisotopic (exact) mass is 326 g/mol. The summed E-state index contributed by atoms with van der Waals surface area (Å²) in [6.45, 7) is 5.11. The van der Waals surface area contributed by atoms with Crippen LogP contribution in [-0.2, 0) is 24.2 Å². The van der Waals surface area contributed by atoms with E-state index < -0.39 is 0 Å². The van der Waals surface area contributed by atoms with Crippen LogP contribution in [-0.4, -0.2) is 28.2 Å². The summed E-state index contributed by atoms with van der Waals surface area (Å²) in [4.78, 5) is 19.2. The van der Waals surface area contributed by atoms with Gasteiger partial charge in [-0.25, -0.2) is 4.98 Å². The first-order valence-electron chi connectivity index (χ1n) is 6.94. The Kier molecular flexibility index (Phi) is 5.82. The molecule has 0 fully saturated rings. The average molecular weight is 327 g/mol. The van der Waals surface area contributed by atoms with Gasteiger partial charge in [0.2, 0.25) is 5.91 Å². The van der Waals surface area contributed by atoms with Crippen LogP contribution in [0.2, 0.25) is 0 Å². The Balaban J connectivity index is 2.00. The molecule has 21 heavy (non-hydrogen) atoms. The predicted molar refractivity (Wildman–Crippen MR) is 84.8 cm³/mol. The second-order valence-corrected chi connectivity index (χ2v) is 5.99. The number of amides is 1. The van der Waals surface area contributed by atoms with Crippen molar-refractivity contribution < 1.29 is 9.21 Å². The molecule has 0 spiro atoms. The Morgan fingerprint density at radius 2 is 2.19 bits per heavy atom. The van der Waals surface area contributed by atoms with E-state index in [9.17, 15) is 4.79 Å².